The lowest BCUT2D eigenvalue weighted by atomic mass is 10.0. The van der Waals surface area contributed by atoms with Crippen LogP contribution in [0.5, 0.6) is 5.75 Å². The molecule has 0 aliphatic carbocycles. The number of Topliss-reactive ketones (excluding diaryl/α,β-unsaturated/α-hetero) is 1. The van der Waals surface area contributed by atoms with Gasteiger partial charge in [-0.05, 0) is 42.3 Å². The largest absolute Gasteiger partial charge is 0.573 e. The van der Waals surface area contributed by atoms with E-state index in [-0.39, 0.29) is 24.3 Å². The molecular formula is C20H18F3NO5. The van der Waals surface area contributed by atoms with Crippen LogP contribution in [0.3, 0.4) is 0 Å². The van der Waals surface area contributed by atoms with Crippen molar-refractivity contribution in [3.05, 3.63) is 48.0 Å². The molecule has 0 bridgehead atoms. The van der Waals surface area contributed by atoms with E-state index in [9.17, 15) is 27.9 Å². The Morgan fingerprint density at radius 1 is 1.07 bits per heavy atom. The van der Waals surface area contributed by atoms with Crippen molar-refractivity contribution in [3.63, 3.8) is 0 Å². The third kappa shape index (κ3) is 4.75. The summed E-state index contributed by atoms with van der Waals surface area (Å²) < 4.78 is 45.8. The number of carbonyl (C=O) groups is 2. The molecule has 29 heavy (non-hydrogen) atoms. The minimum absolute atomic E-state index is 0.0839. The van der Waals surface area contributed by atoms with Crippen LogP contribution in [0.1, 0.15) is 23.7 Å². The Morgan fingerprint density at radius 3 is 2.34 bits per heavy atom. The predicted octanol–water partition coefficient (Wildman–Crippen LogP) is 3.53. The zero-order valence-electron chi connectivity index (χ0n) is 15.4. The fourth-order valence-electron chi connectivity index (χ4n) is 3.06. The highest BCUT2D eigenvalue weighted by Gasteiger charge is 2.36. The number of alkyl halides is 3. The second-order valence-electron chi connectivity index (χ2n) is 6.29. The summed E-state index contributed by atoms with van der Waals surface area (Å²) >= 11 is 0. The second kappa shape index (κ2) is 8.22. The molecule has 2 aromatic carbocycles. The van der Waals surface area contributed by atoms with E-state index in [1.807, 2.05) is 0 Å². The number of benzene rings is 2. The maximum Gasteiger partial charge on any atom is 0.573 e. The lowest BCUT2D eigenvalue weighted by Crippen LogP contribution is -2.33. The molecule has 3 rings (SSSR count). The smallest absolute Gasteiger partial charge is 0.406 e. The molecule has 1 unspecified atom stereocenters. The van der Waals surface area contributed by atoms with E-state index in [1.165, 1.54) is 35.2 Å². The third-order valence-corrected chi connectivity index (χ3v) is 4.35. The van der Waals surface area contributed by atoms with E-state index in [2.05, 4.69) is 4.74 Å². The Bertz CT molecular complexity index is 911. The van der Waals surface area contributed by atoms with Crippen LogP contribution in [0, 0.1) is 0 Å². The molecule has 0 saturated carbocycles. The van der Waals surface area contributed by atoms with E-state index in [4.69, 9.17) is 4.74 Å². The topological polar surface area (TPSA) is 76.1 Å². The van der Waals surface area contributed by atoms with E-state index in [0.29, 0.717) is 23.4 Å². The summed E-state index contributed by atoms with van der Waals surface area (Å²) in [5.41, 5.74) is 1.82. The van der Waals surface area contributed by atoms with Gasteiger partial charge in [-0.1, -0.05) is 18.2 Å². The van der Waals surface area contributed by atoms with Gasteiger partial charge in [-0.2, -0.15) is 0 Å². The van der Waals surface area contributed by atoms with Crippen molar-refractivity contribution >= 4 is 17.4 Å². The van der Waals surface area contributed by atoms with Gasteiger partial charge >= 0.3 is 6.36 Å². The minimum Gasteiger partial charge on any atom is -0.406 e. The first kappa shape index (κ1) is 20.8. The molecular weight excluding hydrogens is 391 g/mol. The molecule has 0 spiro atoms. The first-order valence-electron chi connectivity index (χ1n) is 8.85. The normalized spacial score (nSPS) is 14.9. The van der Waals surface area contributed by atoms with Crippen LogP contribution >= 0.6 is 0 Å². The molecule has 1 aliphatic rings. The average molecular weight is 409 g/mol. The summed E-state index contributed by atoms with van der Waals surface area (Å²) in [5, 5.41) is 9.71. The lowest BCUT2D eigenvalue weighted by molar-refractivity contribution is -0.274. The SMILES string of the molecule is CCOC(O)CCN1C(=O)C(=O)c2ccc(-c3ccc(OC(F)(F)F)cc3)cc21. The van der Waals surface area contributed by atoms with Crippen LogP contribution in [0.4, 0.5) is 18.9 Å². The number of nitrogens with zero attached hydrogens (tertiary/aromatic N) is 1. The number of carbonyl (C=O) groups excluding carboxylic acids is 2. The highest BCUT2D eigenvalue weighted by atomic mass is 19.4. The molecule has 0 radical (unpaired) electrons. The Balaban J connectivity index is 1.84. The molecule has 2 aromatic rings. The average Bonchev–Trinajstić information content (AvgIpc) is 2.90. The Hall–Kier alpha value is -2.91. The second-order valence-corrected chi connectivity index (χ2v) is 6.29. The lowest BCUT2D eigenvalue weighted by Gasteiger charge is -2.19. The number of ketones is 1. The summed E-state index contributed by atoms with van der Waals surface area (Å²) in [5.74, 6) is -1.69. The predicted molar refractivity (Wildman–Crippen MR) is 97.5 cm³/mol. The Labute approximate surface area is 164 Å². The summed E-state index contributed by atoms with van der Waals surface area (Å²) in [7, 11) is 0. The molecule has 154 valence electrons. The summed E-state index contributed by atoms with van der Waals surface area (Å²) in [4.78, 5) is 25.8. The molecule has 0 aromatic heterocycles. The Kier molecular flexibility index (Phi) is 5.90. The van der Waals surface area contributed by atoms with Gasteiger partial charge in [0, 0.05) is 19.6 Å². The molecule has 1 heterocycles. The van der Waals surface area contributed by atoms with Gasteiger partial charge in [0.05, 0.1) is 11.3 Å². The van der Waals surface area contributed by atoms with Crippen molar-refractivity contribution in [1.82, 2.24) is 0 Å². The number of hydrogen-bond donors (Lipinski definition) is 1. The van der Waals surface area contributed by atoms with Crippen molar-refractivity contribution in [1.29, 1.82) is 0 Å². The van der Waals surface area contributed by atoms with E-state index in [1.54, 1.807) is 19.1 Å². The Morgan fingerprint density at radius 2 is 1.72 bits per heavy atom. The van der Waals surface area contributed by atoms with E-state index < -0.39 is 24.3 Å². The zero-order chi connectivity index (χ0) is 21.2. The number of amides is 1. The number of anilines is 1. The number of hydrogen-bond acceptors (Lipinski definition) is 5. The standard InChI is InChI=1S/C20H18F3NO5/c1-2-28-17(25)9-10-24-16-11-13(5-8-15(16)18(26)19(24)27)12-3-6-14(7-4-12)29-20(21,22)23/h3-8,11,17,25H,2,9-10H2,1H3. The van der Waals surface area contributed by atoms with Gasteiger partial charge in [0.1, 0.15) is 5.75 Å². The summed E-state index contributed by atoms with van der Waals surface area (Å²) in [6, 6.07) is 10.00. The third-order valence-electron chi connectivity index (χ3n) is 4.35. The molecule has 1 aliphatic heterocycles. The van der Waals surface area contributed by atoms with Crippen LogP contribution in [0.25, 0.3) is 11.1 Å². The highest BCUT2D eigenvalue weighted by Crippen LogP contribution is 2.34. The first-order valence-corrected chi connectivity index (χ1v) is 8.85. The molecule has 1 N–H and O–H groups in total. The van der Waals surface area contributed by atoms with Crippen LogP contribution in [0.15, 0.2) is 42.5 Å². The maximum absolute atomic E-state index is 12.3. The van der Waals surface area contributed by atoms with Gasteiger partial charge in [-0.15, -0.1) is 13.2 Å². The van der Waals surface area contributed by atoms with Crippen LogP contribution in [-0.2, 0) is 9.53 Å². The highest BCUT2D eigenvalue weighted by molar-refractivity contribution is 6.52. The molecule has 1 amide bonds. The quantitative estimate of drug-likeness (QED) is 0.559. The van der Waals surface area contributed by atoms with Gasteiger partial charge in [0.15, 0.2) is 6.29 Å². The number of rotatable bonds is 7. The van der Waals surface area contributed by atoms with Crippen molar-refractivity contribution in [2.24, 2.45) is 0 Å². The van der Waals surface area contributed by atoms with Gasteiger partial charge < -0.3 is 19.5 Å². The van der Waals surface area contributed by atoms with Crippen molar-refractivity contribution < 1.29 is 37.3 Å². The van der Waals surface area contributed by atoms with Gasteiger partial charge in [0.25, 0.3) is 11.7 Å². The van der Waals surface area contributed by atoms with Crippen LogP contribution in [-0.4, -0.2) is 42.6 Å². The van der Waals surface area contributed by atoms with Crippen molar-refractivity contribution in [2.45, 2.75) is 26.0 Å². The fraction of sp³-hybridized carbons (Fsp3) is 0.300. The maximum atomic E-state index is 12.3. The van der Waals surface area contributed by atoms with Crippen molar-refractivity contribution in [2.75, 3.05) is 18.1 Å². The van der Waals surface area contributed by atoms with Gasteiger partial charge in [-0.3, -0.25) is 9.59 Å². The van der Waals surface area contributed by atoms with Crippen molar-refractivity contribution in [3.8, 4) is 16.9 Å². The zero-order valence-corrected chi connectivity index (χ0v) is 15.4. The van der Waals surface area contributed by atoms with Gasteiger partial charge in [0.2, 0.25) is 0 Å². The number of fused-ring (bicyclic) bond motifs is 1. The molecule has 9 heteroatoms. The number of halogens is 3. The van der Waals surface area contributed by atoms with E-state index in [0.717, 1.165) is 0 Å². The van der Waals surface area contributed by atoms with E-state index >= 15 is 0 Å². The molecule has 1 atom stereocenters. The molecule has 6 nitrogen and oxygen atoms in total. The number of aliphatic hydroxyl groups excluding tert-OH is 1. The fourth-order valence-corrected chi connectivity index (χ4v) is 3.06. The molecule has 0 fully saturated rings. The number of ether oxygens (including phenoxy) is 2. The van der Waals surface area contributed by atoms with Gasteiger partial charge in [-0.25, -0.2) is 0 Å². The minimum atomic E-state index is -4.78. The number of aliphatic hydroxyl groups is 1. The summed E-state index contributed by atoms with van der Waals surface area (Å²) in [6.07, 6.45) is -5.71. The van der Waals surface area contributed by atoms with Crippen LogP contribution < -0.4 is 9.64 Å². The van der Waals surface area contributed by atoms with Crippen LogP contribution in [0.2, 0.25) is 0 Å². The first-order chi connectivity index (χ1) is 13.7. The monoisotopic (exact) mass is 409 g/mol. The summed E-state index contributed by atoms with van der Waals surface area (Å²) in [6.45, 7) is 2.11. The molecule has 0 saturated heterocycles.